The SMILES string of the molecule is COc1ccc(CCNC(C)COc2c(C)cc(Br)cc2C)cc1O. The highest BCUT2D eigenvalue weighted by atomic mass is 79.9. The van der Waals surface area contributed by atoms with Gasteiger partial charge in [-0.15, -0.1) is 0 Å². The molecule has 2 aromatic rings. The van der Waals surface area contributed by atoms with E-state index in [0.29, 0.717) is 12.4 Å². The Balaban J connectivity index is 1.79. The number of halogens is 1. The third kappa shape index (κ3) is 5.65. The summed E-state index contributed by atoms with van der Waals surface area (Å²) in [6.45, 7) is 7.64. The summed E-state index contributed by atoms with van der Waals surface area (Å²) >= 11 is 3.50. The van der Waals surface area contributed by atoms with Crippen LogP contribution >= 0.6 is 15.9 Å². The quantitative estimate of drug-likeness (QED) is 0.681. The second kappa shape index (κ2) is 9.11. The van der Waals surface area contributed by atoms with Crippen molar-refractivity contribution < 1.29 is 14.6 Å². The molecule has 0 spiro atoms. The van der Waals surface area contributed by atoms with Gasteiger partial charge in [0.25, 0.3) is 0 Å². The van der Waals surface area contributed by atoms with Gasteiger partial charge < -0.3 is 19.9 Å². The molecule has 4 nitrogen and oxygen atoms in total. The number of aromatic hydroxyl groups is 1. The highest BCUT2D eigenvalue weighted by molar-refractivity contribution is 9.10. The Morgan fingerprint density at radius 2 is 1.84 bits per heavy atom. The molecule has 2 aromatic carbocycles. The van der Waals surface area contributed by atoms with Crippen molar-refractivity contribution in [2.75, 3.05) is 20.3 Å². The van der Waals surface area contributed by atoms with Crippen molar-refractivity contribution in [1.82, 2.24) is 5.32 Å². The molecule has 0 aromatic heterocycles. The molecular formula is C20H26BrNO3. The number of nitrogens with one attached hydrogen (secondary N) is 1. The predicted octanol–water partition coefficient (Wildman–Crippen LogP) is 4.38. The van der Waals surface area contributed by atoms with Gasteiger partial charge in [-0.2, -0.15) is 0 Å². The van der Waals surface area contributed by atoms with Crippen LogP contribution < -0.4 is 14.8 Å². The predicted molar refractivity (Wildman–Crippen MR) is 105 cm³/mol. The van der Waals surface area contributed by atoms with Crippen molar-refractivity contribution in [3.63, 3.8) is 0 Å². The molecule has 5 heteroatoms. The first-order chi connectivity index (χ1) is 11.9. The van der Waals surface area contributed by atoms with Gasteiger partial charge in [-0.3, -0.25) is 0 Å². The van der Waals surface area contributed by atoms with Crippen LogP contribution in [0, 0.1) is 13.8 Å². The van der Waals surface area contributed by atoms with Crippen molar-refractivity contribution in [2.24, 2.45) is 0 Å². The second-order valence-electron chi connectivity index (χ2n) is 6.29. The highest BCUT2D eigenvalue weighted by Crippen LogP contribution is 2.27. The molecule has 0 amide bonds. The van der Waals surface area contributed by atoms with E-state index in [1.54, 1.807) is 19.2 Å². The molecule has 0 aliphatic heterocycles. The van der Waals surface area contributed by atoms with Crippen LogP contribution in [0.4, 0.5) is 0 Å². The third-order valence-corrected chi connectivity index (χ3v) is 4.51. The van der Waals surface area contributed by atoms with E-state index in [1.165, 1.54) is 0 Å². The molecule has 2 N–H and O–H groups in total. The van der Waals surface area contributed by atoms with Crippen molar-refractivity contribution in [1.29, 1.82) is 0 Å². The molecule has 2 rings (SSSR count). The summed E-state index contributed by atoms with van der Waals surface area (Å²) in [5.41, 5.74) is 3.33. The lowest BCUT2D eigenvalue weighted by Gasteiger charge is -2.18. The minimum Gasteiger partial charge on any atom is -0.504 e. The number of benzene rings is 2. The minimum absolute atomic E-state index is 0.178. The second-order valence-corrected chi connectivity index (χ2v) is 7.21. The van der Waals surface area contributed by atoms with E-state index in [1.807, 2.05) is 6.07 Å². The minimum atomic E-state index is 0.178. The summed E-state index contributed by atoms with van der Waals surface area (Å²) in [7, 11) is 1.55. The first kappa shape index (κ1) is 19.6. The molecule has 1 atom stereocenters. The summed E-state index contributed by atoms with van der Waals surface area (Å²) in [5.74, 6) is 1.63. The molecule has 0 bridgehead atoms. The number of rotatable bonds is 8. The maximum absolute atomic E-state index is 9.81. The fourth-order valence-electron chi connectivity index (χ4n) is 2.75. The molecule has 0 fully saturated rings. The monoisotopic (exact) mass is 407 g/mol. The summed E-state index contributed by atoms with van der Waals surface area (Å²) in [6, 6.07) is 9.87. The molecule has 25 heavy (non-hydrogen) atoms. The smallest absolute Gasteiger partial charge is 0.160 e. The van der Waals surface area contributed by atoms with Gasteiger partial charge in [-0.25, -0.2) is 0 Å². The molecule has 0 saturated carbocycles. The largest absolute Gasteiger partial charge is 0.504 e. The van der Waals surface area contributed by atoms with E-state index >= 15 is 0 Å². The van der Waals surface area contributed by atoms with Crippen molar-refractivity contribution in [3.05, 3.63) is 51.5 Å². The Labute approximate surface area is 158 Å². The lowest BCUT2D eigenvalue weighted by Crippen LogP contribution is -2.33. The fourth-order valence-corrected chi connectivity index (χ4v) is 3.43. The zero-order valence-corrected chi connectivity index (χ0v) is 16.8. The number of hydrogen-bond acceptors (Lipinski definition) is 4. The summed E-state index contributed by atoms with van der Waals surface area (Å²) in [5, 5.41) is 13.3. The van der Waals surface area contributed by atoms with Gasteiger partial charge in [0.05, 0.1) is 7.11 Å². The van der Waals surface area contributed by atoms with Crippen LogP contribution in [0.3, 0.4) is 0 Å². The number of hydrogen-bond donors (Lipinski definition) is 2. The molecule has 0 aliphatic rings. The zero-order chi connectivity index (χ0) is 18.4. The topological polar surface area (TPSA) is 50.7 Å². The Bertz CT molecular complexity index is 695. The van der Waals surface area contributed by atoms with Gasteiger partial charge in [0, 0.05) is 10.5 Å². The normalized spacial score (nSPS) is 12.0. The van der Waals surface area contributed by atoms with Gasteiger partial charge >= 0.3 is 0 Å². The van der Waals surface area contributed by atoms with Gasteiger partial charge in [-0.1, -0.05) is 22.0 Å². The summed E-state index contributed by atoms with van der Waals surface area (Å²) < 4.78 is 12.1. The Hall–Kier alpha value is -1.72. The van der Waals surface area contributed by atoms with E-state index in [0.717, 1.165) is 39.9 Å². The molecule has 0 aliphatic carbocycles. The lowest BCUT2D eigenvalue weighted by molar-refractivity contribution is 0.271. The van der Waals surface area contributed by atoms with E-state index in [2.05, 4.69) is 54.2 Å². The Morgan fingerprint density at radius 1 is 1.16 bits per heavy atom. The van der Waals surface area contributed by atoms with E-state index in [4.69, 9.17) is 9.47 Å². The van der Waals surface area contributed by atoms with Crippen LogP contribution in [-0.4, -0.2) is 31.4 Å². The van der Waals surface area contributed by atoms with E-state index in [9.17, 15) is 5.11 Å². The van der Waals surface area contributed by atoms with Gasteiger partial charge in [0.2, 0.25) is 0 Å². The Morgan fingerprint density at radius 3 is 2.44 bits per heavy atom. The maximum Gasteiger partial charge on any atom is 0.160 e. The number of ether oxygens (including phenoxy) is 2. The molecule has 1 unspecified atom stereocenters. The lowest BCUT2D eigenvalue weighted by atomic mass is 10.1. The molecule has 0 heterocycles. The number of aryl methyl sites for hydroxylation is 2. The van der Waals surface area contributed by atoms with Gasteiger partial charge in [-0.05, 0) is 74.7 Å². The molecule has 0 saturated heterocycles. The van der Waals surface area contributed by atoms with Crippen LogP contribution in [0.2, 0.25) is 0 Å². The first-order valence-electron chi connectivity index (χ1n) is 8.39. The van der Waals surface area contributed by atoms with Crippen molar-refractivity contribution in [2.45, 2.75) is 33.2 Å². The maximum atomic E-state index is 9.81. The van der Waals surface area contributed by atoms with Crippen LogP contribution in [0.15, 0.2) is 34.8 Å². The highest BCUT2D eigenvalue weighted by Gasteiger charge is 2.09. The average molecular weight is 408 g/mol. The van der Waals surface area contributed by atoms with Gasteiger partial charge in [0.1, 0.15) is 12.4 Å². The van der Waals surface area contributed by atoms with Crippen molar-refractivity contribution in [3.8, 4) is 17.2 Å². The number of phenols is 1. The molecule has 136 valence electrons. The summed E-state index contributed by atoms with van der Waals surface area (Å²) in [4.78, 5) is 0. The Kier molecular flexibility index (Phi) is 7.14. The van der Waals surface area contributed by atoms with Crippen LogP contribution in [0.5, 0.6) is 17.2 Å². The number of phenolic OH excluding ortho intramolecular Hbond substituents is 1. The molecule has 0 radical (unpaired) electrons. The van der Waals surface area contributed by atoms with Gasteiger partial charge in [0.15, 0.2) is 11.5 Å². The van der Waals surface area contributed by atoms with E-state index in [-0.39, 0.29) is 11.8 Å². The average Bonchev–Trinajstić information content (AvgIpc) is 2.54. The summed E-state index contributed by atoms with van der Waals surface area (Å²) in [6.07, 6.45) is 0.832. The van der Waals surface area contributed by atoms with Crippen LogP contribution in [0.25, 0.3) is 0 Å². The fraction of sp³-hybridized carbons (Fsp3) is 0.400. The number of methoxy groups -OCH3 is 1. The first-order valence-corrected chi connectivity index (χ1v) is 9.18. The van der Waals surface area contributed by atoms with Crippen molar-refractivity contribution >= 4 is 15.9 Å². The van der Waals surface area contributed by atoms with E-state index < -0.39 is 0 Å². The standard InChI is InChI=1S/C20H26BrNO3/c1-13-9-17(21)10-14(2)20(13)25-12-15(3)22-8-7-16-5-6-19(24-4)18(23)11-16/h5-6,9-11,15,22-23H,7-8,12H2,1-4H3. The molecular weight excluding hydrogens is 382 g/mol. The zero-order valence-electron chi connectivity index (χ0n) is 15.2. The van der Waals surface area contributed by atoms with Crippen LogP contribution in [0.1, 0.15) is 23.6 Å². The van der Waals surface area contributed by atoms with Crippen LogP contribution in [-0.2, 0) is 6.42 Å². The third-order valence-electron chi connectivity index (χ3n) is 4.05.